The Morgan fingerprint density at radius 1 is 1.04 bits per heavy atom. The lowest BCUT2D eigenvalue weighted by atomic mass is 10.1. The van der Waals surface area contributed by atoms with Crippen LogP contribution in [0.1, 0.15) is 16.7 Å². The fourth-order valence-electron chi connectivity index (χ4n) is 2.55. The molecule has 0 unspecified atom stereocenters. The van der Waals surface area contributed by atoms with E-state index in [4.69, 9.17) is 9.47 Å². The molecule has 2 N–H and O–H groups in total. The number of nitrogens with zero attached hydrogens (tertiary/aromatic N) is 1. The Hall–Kier alpha value is -1.96. The topological polar surface area (TPSA) is 54.9 Å². The minimum Gasteiger partial charge on any atom is -0.497 e. The van der Waals surface area contributed by atoms with Gasteiger partial charge in [0.1, 0.15) is 11.5 Å². The maximum atomic E-state index is 5.44. The van der Waals surface area contributed by atoms with Crippen molar-refractivity contribution in [3.63, 3.8) is 0 Å². The summed E-state index contributed by atoms with van der Waals surface area (Å²) in [4.78, 5) is 4.27. The highest BCUT2D eigenvalue weighted by Crippen LogP contribution is 2.19. The fourth-order valence-corrected chi connectivity index (χ4v) is 2.55. The van der Waals surface area contributed by atoms with Gasteiger partial charge in [0, 0.05) is 25.7 Å². The molecule has 0 saturated heterocycles. The van der Waals surface area contributed by atoms with Crippen molar-refractivity contribution in [1.82, 2.24) is 10.6 Å². The largest absolute Gasteiger partial charge is 0.497 e. The molecule has 5 nitrogen and oxygen atoms in total. The Labute approximate surface area is 173 Å². The number of benzene rings is 2. The number of methoxy groups -OCH3 is 2. The molecule has 2 aromatic rings. The van der Waals surface area contributed by atoms with E-state index in [0.717, 1.165) is 36.0 Å². The van der Waals surface area contributed by atoms with Crippen LogP contribution < -0.4 is 20.1 Å². The maximum Gasteiger partial charge on any atom is 0.191 e. The van der Waals surface area contributed by atoms with Crippen LogP contribution in [0.5, 0.6) is 11.5 Å². The third kappa shape index (κ3) is 6.74. The second-order valence-electron chi connectivity index (χ2n) is 5.77. The zero-order valence-corrected chi connectivity index (χ0v) is 18.2. The Bertz CT molecular complexity index is 720. The van der Waals surface area contributed by atoms with E-state index in [1.54, 1.807) is 21.3 Å². The number of aryl methyl sites for hydroxylation is 1. The average molecular weight is 469 g/mol. The minimum absolute atomic E-state index is 0. The van der Waals surface area contributed by atoms with Crippen LogP contribution in [0.2, 0.25) is 0 Å². The second-order valence-corrected chi connectivity index (χ2v) is 5.77. The molecule has 0 aliphatic carbocycles. The molecule has 0 atom stereocenters. The quantitative estimate of drug-likeness (QED) is 0.370. The predicted octanol–water partition coefficient (Wildman–Crippen LogP) is 3.54. The summed E-state index contributed by atoms with van der Waals surface area (Å²) in [5.41, 5.74) is 3.51. The number of hydrogen-bond acceptors (Lipinski definition) is 3. The van der Waals surface area contributed by atoms with E-state index in [1.807, 2.05) is 18.2 Å². The molecule has 2 aromatic carbocycles. The van der Waals surface area contributed by atoms with Crippen molar-refractivity contribution in [2.24, 2.45) is 4.99 Å². The van der Waals surface area contributed by atoms with E-state index < -0.39 is 0 Å². The summed E-state index contributed by atoms with van der Waals surface area (Å²) < 4.78 is 10.7. The molecule has 6 heteroatoms. The van der Waals surface area contributed by atoms with Crippen LogP contribution in [0.3, 0.4) is 0 Å². The van der Waals surface area contributed by atoms with E-state index in [2.05, 4.69) is 46.8 Å². The van der Waals surface area contributed by atoms with Gasteiger partial charge in [-0.15, -0.1) is 24.0 Å². The highest BCUT2D eigenvalue weighted by molar-refractivity contribution is 14.0. The van der Waals surface area contributed by atoms with Crippen LogP contribution in [0.25, 0.3) is 0 Å². The zero-order chi connectivity index (χ0) is 18.1. The molecule has 0 bridgehead atoms. The molecular weight excluding hydrogens is 441 g/mol. The van der Waals surface area contributed by atoms with Gasteiger partial charge in [0.25, 0.3) is 0 Å². The monoisotopic (exact) mass is 469 g/mol. The van der Waals surface area contributed by atoms with Crippen molar-refractivity contribution in [3.05, 3.63) is 59.2 Å². The Balaban J connectivity index is 0.00000338. The molecule has 0 spiro atoms. The van der Waals surface area contributed by atoms with Crippen LogP contribution in [0, 0.1) is 6.92 Å². The van der Waals surface area contributed by atoms with Crippen molar-refractivity contribution >= 4 is 29.9 Å². The standard InChI is InChI=1S/C20H27N3O2.HI/c1-15-8-9-17(19(12-15)25-4)14-23-20(21-2)22-11-10-16-6-5-7-18(13-16)24-3;/h5-9,12-13H,10-11,14H2,1-4H3,(H2,21,22,23);1H. The van der Waals surface area contributed by atoms with E-state index in [0.29, 0.717) is 6.54 Å². The molecular formula is C20H28IN3O2. The maximum absolute atomic E-state index is 5.44. The Morgan fingerprint density at radius 3 is 2.54 bits per heavy atom. The summed E-state index contributed by atoms with van der Waals surface area (Å²) >= 11 is 0. The molecule has 26 heavy (non-hydrogen) atoms. The highest BCUT2D eigenvalue weighted by Gasteiger charge is 2.05. The molecule has 0 amide bonds. The van der Waals surface area contributed by atoms with Crippen LogP contribution in [-0.4, -0.2) is 33.8 Å². The Morgan fingerprint density at radius 2 is 1.85 bits per heavy atom. The normalized spacial score (nSPS) is 10.7. The van der Waals surface area contributed by atoms with E-state index >= 15 is 0 Å². The van der Waals surface area contributed by atoms with Gasteiger partial charge in [-0.05, 0) is 42.7 Å². The number of aliphatic imine (C=N–C) groups is 1. The first-order valence-electron chi connectivity index (χ1n) is 8.37. The molecule has 0 aliphatic heterocycles. The SMILES string of the molecule is CN=C(NCCc1cccc(OC)c1)NCc1ccc(C)cc1OC.I. The summed E-state index contributed by atoms with van der Waals surface area (Å²) in [6, 6.07) is 14.3. The summed E-state index contributed by atoms with van der Waals surface area (Å²) in [6.07, 6.45) is 0.895. The third-order valence-corrected chi connectivity index (χ3v) is 3.95. The van der Waals surface area contributed by atoms with Crippen molar-refractivity contribution in [2.75, 3.05) is 27.8 Å². The van der Waals surface area contributed by atoms with Crippen molar-refractivity contribution in [2.45, 2.75) is 19.9 Å². The van der Waals surface area contributed by atoms with Gasteiger partial charge in [0.15, 0.2) is 5.96 Å². The molecule has 0 fully saturated rings. The number of hydrogen-bond donors (Lipinski definition) is 2. The van der Waals surface area contributed by atoms with Crippen molar-refractivity contribution < 1.29 is 9.47 Å². The van der Waals surface area contributed by atoms with Gasteiger partial charge >= 0.3 is 0 Å². The number of rotatable bonds is 7. The second kappa shape index (κ2) is 11.6. The molecule has 0 heterocycles. The van der Waals surface area contributed by atoms with Crippen LogP contribution >= 0.6 is 24.0 Å². The summed E-state index contributed by atoms with van der Waals surface area (Å²) in [6.45, 7) is 3.50. The van der Waals surface area contributed by atoms with Crippen molar-refractivity contribution in [1.29, 1.82) is 0 Å². The molecule has 0 saturated carbocycles. The van der Waals surface area contributed by atoms with Gasteiger partial charge in [0.2, 0.25) is 0 Å². The third-order valence-electron chi connectivity index (χ3n) is 3.95. The average Bonchev–Trinajstić information content (AvgIpc) is 2.65. The number of nitrogens with one attached hydrogen (secondary N) is 2. The number of guanidine groups is 1. The fraction of sp³-hybridized carbons (Fsp3) is 0.350. The molecule has 2 rings (SSSR count). The lowest BCUT2D eigenvalue weighted by Crippen LogP contribution is -2.37. The Kier molecular flexibility index (Phi) is 9.87. The lowest BCUT2D eigenvalue weighted by molar-refractivity contribution is 0.408. The zero-order valence-electron chi connectivity index (χ0n) is 15.8. The first-order valence-corrected chi connectivity index (χ1v) is 8.37. The highest BCUT2D eigenvalue weighted by atomic mass is 127. The lowest BCUT2D eigenvalue weighted by Gasteiger charge is -2.14. The first kappa shape index (κ1) is 22.1. The van der Waals surface area contributed by atoms with Gasteiger partial charge in [-0.3, -0.25) is 4.99 Å². The van der Waals surface area contributed by atoms with Gasteiger partial charge in [-0.25, -0.2) is 0 Å². The summed E-state index contributed by atoms with van der Waals surface area (Å²) in [7, 11) is 5.15. The summed E-state index contributed by atoms with van der Waals surface area (Å²) in [5, 5.41) is 6.65. The van der Waals surface area contributed by atoms with E-state index in [1.165, 1.54) is 11.1 Å². The molecule has 0 aliphatic rings. The molecule has 0 radical (unpaired) electrons. The van der Waals surface area contributed by atoms with Gasteiger partial charge in [-0.1, -0.05) is 24.3 Å². The summed E-state index contributed by atoms with van der Waals surface area (Å²) in [5.74, 6) is 2.54. The number of halogens is 1. The van der Waals surface area contributed by atoms with Gasteiger partial charge in [-0.2, -0.15) is 0 Å². The van der Waals surface area contributed by atoms with Crippen LogP contribution in [0.4, 0.5) is 0 Å². The van der Waals surface area contributed by atoms with Gasteiger partial charge in [0.05, 0.1) is 14.2 Å². The van der Waals surface area contributed by atoms with E-state index in [-0.39, 0.29) is 24.0 Å². The molecule has 0 aromatic heterocycles. The smallest absolute Gasteiger partial charge is 0.191 e. The van der Waals surface area contributed by atoms with Crippen LogP contribution in [0.15, 0.2) is 47.5 Å². The van der Waals surface area contributed by atoms with E-state index in [9.17, 15) is 0 Å². The number of ether oxygens (including phenoxy) is 2. The van der Waals surface area contributed by atoms with Crippen LogP contribution in [-0.2, 0) is 13.0 Å². The predicted molar refractivity (Wildman–Crippen MR) is 118 cm³/mol. The molecule has 142 valence electrons. The van der Waals surface area contributed by atoms with Gasteiger partial charge < -0.3 is 20.1 Å². The van der Waals surface area contributed by atoms with Crippen molar-refractivity contribution in [3.8, 4) is 11.5 Å². The first-order chi connectivity index (χ1) is 12.2. The minimum atomic E-state index is 0.